The molecule has 3 aromatic rings. The largest absolute Gasteiger partial charge is 0.493 e. The predicted molar refractivity (Wildman–Crippen MR) is 156 cm³/mol. The highest BCUT2D eigenvalue weighted by atomic mass is 16.5. The summed E-state index contributed by atoms with van der Waals surface area (Å²) in [6, 6.07) is 23.7. The van der Waals surface area contributed by atoms with Crippen LogP contribution in [-0.2, 0) is 29.5 Å². The van der Waals surface area contributed by atoms with Crippen molar-refractivity contribution in [1.29, 1.82) is 0 Å². The van der Waals surface area contributed by atoms with Gasteiger partial charge in [-0.15, -0.1) is 0 Å². The predicted octanol–water partition coefficient (Wildman–Crippen LogP) is 5.95. The molecule has 3 aromatic carbocycles. The Morgan fingerprint density at radius 3 is 2.45 bits per heavy atom. The number of piperidine rings is 1. The van der Waals surface area contributed by atoms with Gasteiger partial charge in [-0.2, -0.15) is 0 Å². The summed E-state index contributed by atoms with van der Waals surface area (Å²) in [7, 11) is 1.69. The zero-order valence-electron chi connectivity index (χ0n) is 23.7. The van der Waals surface area contributed by atoms with Gasteiger partial charge in [0, 0.05) is 36.2 Å². The maximum absolute atomic E-state index is 13.7. The highest BCUT2D eigenvalue weighted by molar-refractivity contribution is 5.93. The molecular formula is C35H39NO4. The van der Waals surface area contributed by atoms with Gasteiger partial charge in [-0.25, -0.2) is 0 Å². The fraction of sp³-hybridized carbons (Fsp3) is 0.457. The molecule has 2 aliphatic heterocycles. The van der Waals surface area contributed by atoms with Crippen LogP contribution >= 0.6 is 0 Å². The minimum absolute atomic E-state index is 0.233. The van der Waals surface area contributed by atoms with Gasteiger partial charge < -0.3 is 14.2 Å². The average Bonchev–Trinajstić information content (AvgIpc) is 3.26. The molecule has 0 aromatic heterocycles. The maximum Gasteiger partial charge on any atom is 0.177 e. The average molecular weight is 538 g/mol. The summed E-state index contributed by atoms with van der Waals surface area (Å²) in [5, 5.41) is 0. The molecule has 40 heavy (non-hydrogen) atoms. The van der Waals surface area contributed by atoms with Gasteiger partial charge in [0.25, 0.3) is 0 Å². The summed E-state index contributed by atoms with van der Waals surface area (Å²) < 4.78 is 19.2. The summed E-state index contributed by atoms with van der Waals surface area (Å²) in [5.74, 6) is 3.00. The Hall–Kier alpha value is -3.31. The molecule has 0 N–H and O–H groups in total. The Morgan fingerprint density at radius 1 is 1.00 bits per heavy atom. The van der Waals surface area contributed by atoms with Gasteiger partial charge in [-0.1, -0.05) is 60.7 Å². The van der Waals surface area contributed by atoms with E-state index in [0.717, 1.165) is 63.1 Å². The van der Waals surface area contributed by atoms with Crippen LogP contribution in [0.2, 0.25) is 0 Å². The van der Waals surface area contributed by atoms with Crippen LogP contribution in [0.15, 0.2) is 66.7 Å². The number of Topliss-reactive ketones (excluding diaryl/α,β-unsaturated/α-hetero) is 1. The van der Waals surface area contributed by atoms with Crippen LogP contribution in [0.25, 0.3) is 0 Å². The summed E-state index contributed by atoms with van der Waals surface area (Å²) in [6.45, 7) is 4.70. The molecule has 4 atom stereocenters. The first kappa shape index (κ1) is 25.6. The van der Waals surface area contributed by atoms with Crippen LogP contribution < -0.4 is 14.2 Å². The van der Waals surface area contributed by atoms with Crippen molar-refractivity contribution in [1.82, 2.24) is 4.90 Å². The second-order valence-corrected chi connectivity index (χ2v) is 12.2. The Labute approximate surface area is 237 Å². The Bertz CT molecular complexity index is 1410. The molecule has 1 saturated carbocycles. The topological polar surface area (TPSA) is 48.0 Å². The monoisotopic (exact) mass is 537 g/mol. The second-order valence-electron chi connectivity index (χ2n) is 12.2. The van der Waals surface area contributed by atoms with E-state index in [0.29, 0.717) is 30.7 Å². The summed E-state index contributed by atoms with van der Waals surface area (Å²) in [5.41, 5.74) is 3.98. The van der Waals surface area contributed by atoms with E-state index in [4.69, 9.17) is 14.2 Å². The van der Waals surface area contributed by atoms with Crippen molar-refractivity contribution in [2.45, 2.75) is 68.9 Å². The highest BCUT2D eigenvalue weighted by Gasteiger charge is 2.72. The molecule has 0 amide bonds. The number of benzene rings is 3. The van der Waals surface area contributed by atoms with E-state index in [2.05, 4.69) is 72.5 Å². The van der Waals surface area contributed by atoms with Crippen molar-refractivity contribution in [3.05, 3.63) is 89.0 Å². The smallest absolute Gasteiger partial charge is 0.177 e. The molecule has 2 aliphatic carbocycles. The number of ketones is 1. The highest BCUT2D eigenvalue weighted by Crippen LogP contribution is 2.68. The van der Waals surface area contributed by atoms with Gasteiger partial charge in [0.05, 0.1) is 19.1 Å². The first-order chi connectivity index (χ1) is 19.5. The first-order valence-electron chi connectivity index (χ1n) is 15.0. The van der Waals surface area contributed by atoms with Crippen LogP contribution in [0, 0.1) is 5.92 Å². The fourth-order valence-electron chi connectivity index (χ4n) is 8.45. The molecular weight excluding hydrogens is 498 g/mol. The Morgan fingerprint density at radius 2 is 1.73 bits per heavy atom. The van der Waals surface area contributed by atoms with Gasteiger partial charge in [-0.3, -0.25) is 9.69 Å². The van der Waals surface area contributed by atoms with E-state index < -0.39 is 5.60 Å². The molecule has 208 valence electrons. The molecule has 2 fully saturated rings. The van der Waals surface area contributed by atoms with E-state index in [1.54, 1.807) is 7.11 Å². The lowest BCUT2D eigenvalue weighted by molar-refractivity contribution is -0.154. The lowest BCUT2D eigenvalue weighted by Crippen LogP contribution is -2.70. The molecule has 1 spiro atoms. The van der Waals surface area contributed by atoms with Gasteiger partial charge in [-0.05, 0) is 69.0 Å². The normalized spacial score (nSPS) is 28.1. The molecule has 7 rings (SSSR count). The molecule has 5 nitrogen and oxygen atoms in total. The summed E-state index contributed by atoms with van der Waals surface area (Å²) >= 11 is 0. The maximum atomic E-state index is 13.7. The van der Waals surface area contributed by atoms with E-state index in [1.165, 1.54) is 22.3 Å². The third kappa shape index (κ3) is 3.81. The van der Waals surface area contributed by atoms with Crippen LogP contribution in [0.5, 0.6) is 17.2 Å². The third-order valence-corrected chi connectivity index (χ3v) is 10.4. The number of methoxy groups -OCH3 is 1. The number of likely N-dealkylation sites (tertiary alicyclic amines) is 1. The van der Waals surface area contributed by atoms with Crippen molar-refractivity contribution in [2.24, 2.45) is 5.92 Å². The number of nitrogens with zero attached hydrogens (tertiary/aromatic N) is 1. The quantitative estimate of drug-likeness (QED) is 0.316. The van der Waals surface area contributed by atoms with E-state index in [9.17, 15) is 4.79 Å². The molecule has 2 bridgehead atoms. The molecule has 0 unspecified atom stereocenters. The van der Waals surface area contributed by atoms with Crippen LogP contribution in [0.3, 0.4) is 0 Å². The minimum atomic E-state index is -0.851. The van der Waals surface area contributed by atoms with Crippen molar-refractivity contribution in [3.63, 3.8) is 0 Å². The lowest BCUT2D eigenvalue weighted by atomic mass is 9.47. The van der Waals surface area contributed by atoms with Crippen molar-refractivity contribution < 1.29 is 19.0 Å². The SMILES string of the molecule is COc1cc(OCCCc2ccccc2)c2c3c1O[C@@]1(C)C(=O)CC[C@H]4[C@@H](C2)N(CCc2ccccc2)CC[C@@]341. The fourth-order valence-corrected chi connectivity index (χ4v) is 8.45. The molecule has 4 aliphatic rings. The van der Waals surface area contributed by atoms with E-state index in [-0.39, 0.29) is 11.2 Å². The van der Waals surface area contributed by atoms with Crippen molar-refractivity contribution >= 4 is 5.78 Å². The number of hydrogen-bond donors (Lipinski definition) is 0. The summed E-state index contributed by atoms with van der Waals surface area (Å²) in [6.07, 6.45) is 6.31. The van der Waals surface area contributed by atoms with Gasteiger partial charge in [0.2, 0.25) is 0 Å². The zero-order valence-corrected chi connectivity index (χ0v) is 23.7. The van der Waals surface area contributed by atoms with Crippen molar-refractivity contribution in [3.8, 4) is 17.2 Å². The standard InChI is InChI=1S/C35H39NO4/c1-34-31(37)16-15-27-28-22-26-29(39-21-9-14-24-10-5-3-6-11-24)23-30(38-2)33(40-34)32(26)35(27,34)18-20-36(28)19-17-25-12-7-4-8-13-25/h3-8,10-13,23,27-28H,9,14-22H2,1-2H3/t27-,28+,34-,35-/m0/s1. The Kier molecular flexibility index (Phi) is 6.38. The number of ether oxygens (including phenoxy) is 3. The lowest BCUT2D eigenvalue weighted by Gasteiger charge is -2.60. The van der Waals surface area contributed by atoms with Gasteiger partial charge >= 0.3 is 0 Å². The molecule has 1 saturated heterocycles. The van der Waals surface area contributed by atoms with Gasteiger partial charge in [0.15, 0.2) is 22.9 Å². The third-order valence-electron chi connectivity index (χ3n) is 10.4. The number of aryl methyl sites for hydroxylation is 1. The van der Waals surface area contributed by atoms with Gasteiger partial charge in [0.1, 0.15) is 5.75 Å². The van der Waals surface area contributed by atoms with E-state index in [1.807, 2.05) is 6.07 Å². The molecule has 5 heteroatoms. The summed E-state index contributed by atoms with van der Waals surface area (Å²) in [4.78, 5) is 16.4. The van der Waals surface area contributed by atoms with Crippen LogP contribution in [0.4, 0.5) is 0 Å². The van der Waals surface area contributed by atoms with E-state index >= 15 is 0 Å². The molecule has 2 heterocycles. The molecule has 0 radical (unpaired) electrons. The zero-order chi connectivity index (χ0) is 27.3. The van der Waals surface area contributed by atoms with Crippen LogP contribution in [-0.4, -0.2) is 49.1 Å². The first-order valence-corrected chi connectivity index (χ1v) is 15.0. The number of carbonyl (C=O) groups excluding carboxylic acids is 1. The number of carbonyl (C=O) groups is 1. The number of hydrogen-bond acceptors (Lipinski definition) is 5. The van der Waals surface area contributed by atoms with Crippen LogP contribution in [0.1, 0.15) is 54.9 Å². The number of rotatable bonds is 9. The second kappa shape index (κ2) is 9.95. The minimum Gasteiger partial charge on any atom is -0.493 e. The Balaban J connectivity index is 1.24. The van der Waals surface area contributed by atoms with Crippen molar-refractivity contribution in [2.75, 3.05) is 26.8 Å².